The molecule has 96 valence electrons. The first kappa shape index (κ1) is 12.8. The summed E-state index contributed by atoms with van der Waals surface area (Å²) in [6, 6.07) is 10.2. The summed E-state index contributed by atoms with van der Waals surface area (Å²) >= 11 is 0. The third-order valence-electron chi connectivity index (χ3n) is 2.99. The van der Waals surface area contributed by atoms with Gasteiger partial charge < -0.3 is 9.64 Å². The molecule has 0 amide bonds. The Bertz CT molecular complexity index is 523. The predicted molar refractivity (Wildman–Crippen MR) is 75.2 cm³/mol. The summed E-state index contributed by atoms with van der Waals surface area (Å²) in [4.78, 5) is 6.87. The lowest BCUT2D eigenvalue weighted by Gasteiger charge is -2.09. The highest BCUT2D eigenvalue weighted by molar-refractivity contribution is 5.80. The van der Waals surface area contributed by atoms with E-state index < -0.39 is 0 Å². The molecule has 0 N–H and O–H groups in total. The van der Waals surface area contributed by atoms with E-state index >= 15 is 0 Å². The van der Waals surface area contributed by atoms with Gasteiger partial charge in [0, 0.05) is 11.1 Å². The van der Waals surface area contributed by atoms with Crippen LogP contribution in [0.1, 0.15) is 12.1 Å². The van der Waals surface area contributed by atoms with E-state index in [2.05, 4.69) is 36.1 Å². The molecule has 1 heterocycles. The predicted octanol–water partition coefficient (Wildman–Crippen LogP) is 2.74. The Kier molecular flexibility index (Phi) is 4.15. The van der Waals surface area contributed by atoms with Crippen LogP contribution < -0.4 is 4.74 Å². The number of aryl methyl sites for hydroxylation is 1. The van der Waals surface area contributed by atoms with Gasteiger partial charge in [-0.05, 0) is 57.7 Å². The van der Waals surface area contributed by atoms with Crippen LogP contribution in [0, 0.1) is 0 Å². The van der Waals surface area contributed by atoms with Crippen molar-refractivity contribution in [3.8, 4) is 5.75 Å². The number of ether oxygens (including phenoxy) is 1. The minimum atomic E-state index is 0.879. The molecule has 0 fully saturated rings. The van der Waals surface area contributed by atoms with E-state index in [9.17, 15) is 0 Å². The number of hydrogen-bond acceptors (Lipinski definition) is 3. The van der Waals surface area contributed by atoms with Gasteiger partial charge in [0.05, 0.1) is 12.6 Å². The highest BCUT2D eigenvalue weighted by atomic mass is 16.5. The second-order valence-electron chi connectivity index (χ2n) is 4.77. The van der Waals surface area contributed by atoms with Crippen molar-refractivity contribution in [1.29, 1.82) is 0 Å². The molecule has 0 saturated heterocycles. The number of aromatic nitrogens is 1. The van der Waals surface area contributed by atoms with Gasteiger partial charge in [-0.25, -0.2) is 0 Å². The maximum absolute atomic E-state index is 5.21. The number of rotatable bonds is 5. The molecule has 0 atom stereocenters. The van der Waals surface area contributed by atoms with Gasteiger partial charge in [0.25, 0.3) is 0 Å². The molecule has 3 heteroatoms. The third kappa shape index (κ3) is 3.20. The first-order chi connectivity index (χ1) is 8.69. The number of benzene rings is 1. The van der Waals surface area contributed by atoms with Crippen LogP contribution in [0.3, 0.4) is 0 Å². The van der Waals surface area contributed by atoms with Gasteiger partial charge >= 0.3 is 0 Å². The third-order valence-corrected chi connectivity index (χ3v) is 2.99. The van der Waals surface area contributed by atoms with E-state index in [-0.39, 0.29) is 0 Å². The lowest BCUT2D eigenvalue weighted by Crippen LogP contribution is -2.13. The molecule has 1 aromatic carbocycles. The standard InChI is InChI=1S/C15H20N2O/c1-17(2)10-4-5-13-7-6-12-11-14(18-3)8-9-15(12)16-13/h6-9,11H,4-5,10H2,1-3H3. The van der Waals surface area contributed by atoms with Gasteiger partial charge in [-0.1, -0.05) is 6.07 Å². The Morgan fingerprint density at radius 1 is 1.17 bits per heavy atom. The topological polar surface area (TPSA) is 25.4 Å². The lowest BCUT2D eigenvalue weighted by molar-refractivity contribution is 0.399. The van der Waals surface area contributed by atoms with Crippen LogP contribution >= 0.6 is 0 Å². The van der Waals surface area contributed by atoms with Crippen molar-refractivity contribution in [2.75, 3.05) is 27.7 Å². The minimum Gasteiger partial charge on any atom is -0.497 e. The zero-order valence-corrected chi connectivity index (χ0v) is 11.3. The fraction of sp³-hybridized carbons (Fsp3) is 0.400. The number of methoxy groups -OCH3 is 1. The Morgan fingerprint density at radius 3 is 2.72 bits per heavy atom. The van der Waals surface area contributed by atoms with Crippen LogP contribution in [-0.4, -0.2) is 37.6 Å². The number of fused-ring (bicyclic) bond motifs is 1. The molecule has 0 bridgehead atoms. The van der Waals surface area contributed by atoms with Crippen LogP contribution in [0.25, 0.3) is 10.9 Å². The molecule has 0 aliphatic carbocycles. The normalized spacial score (nSPS) is 11.1. The SMILES string of the molecule is COc1ccc2nc(CCCN(C)C)ccc2c1. The van der Waals surface area contributed by atoms with Gasteiger partial charge in [0.2, 0.25) is 0 Å². The number of pyridine rings is 1. The van der Waals surface area contributed by atoms with Crippen LogP contribution in [0.4, 0.5) is 0 Å². The molecule has 0 radical (unpaired) electrons. The smallest absolute Gasteiger partial charge is 0.119 e. The van der Waals surface area contributed by atoms with Gasteiger partial charge in [0.1, 0.15) is 5.75 Å². The van der Waals surface area contributed by atoms with E-state index in [1.54, 1.807) is 7.11 Å². The fourth-order valence-corrected chi connectivity index (χ4v) is 1.99. The lowest BCUT2D eigenvalue weighted by atomic mass is 10.1. The highest BCUT2D eigenvalue weighted by Gasteiger charge is 2.01. The largest absolute Gasteiger partial charge is 0.497 e. The maximum atomic E-state index is 5.21. The quantitative estimate of drug-likeness (QED) is 0.808. The van der Waals surface area contributed by atoms with E-state index in [0.717, 1.165) is 41.7 Å². The van der Waals surface area contributed by atoms with E-state index in [1.165, 1.54) is 0 Å². The van der Waals surface area contributed by atoms with Crippen molar-refractivity contribution in [2.45, 2.75) is 12.8 Å². The van der Waals surface area contributed by atoms with Crippen molar-refractivity contribution >= 4 is 10.9 Å². The number of hydrogen-bond donors (Lipinski definition) is 0. The van der Waals surface area contributed by atoms with Crippen molar-refractivity contribution < 1.29 is 4.74 Å². The second-order valence-corrected chi connectivity index (χ2v) is 4.77. The molecule has 0 saturated carbocycles. The van der Waals surface area contributed by atoms with E-state index in [0.29, 0.717) is 0 Å². The summed E-state index contributed by atoms with van der Waals surface area (Å²) in [5.74, 6) is 0.879. The molecule has 3 nitrogen and oxygen atoms in total. The molecule has 0 spiro atoms. The summed E-state index contributed by atoms with van der Waals surface area (Å²) in [5.41, 5.74) is 2.20. The van der Waals surface area contributed by atoms with Crippen LogP contribution in [-0.2, 0) is 6.42 Å². The van der Waals surface area contributed by atoms with Crippen molar-refractivity contribution in [3.05, 3.63) is 36.0 Å². The van der Waals surface area contributed by atoms with Crippen LogP contribution in [0.2, 0.25) is 0 Å². The van der Waals surface area contributed by atoms with Crippen LogP contribution in [0.15, 0.2) is 30.3 Å². The Hall–Kier alpha value is -1.61. The van der Waals surface area contributed by atoms with E-state index in [1.807, 2.05) is 18.2 Å². The molecule has 0 unspecified atom stereocenters. The summed E-state index contributed by atoms with van der Waals surface area (Å²) in [6.45, 7) is 1.10. The molecule has 0 aliphatic heterocycles. The Balaban J connectivity index is 2.12. The zero-order chi connectivity index (χ0) is 13.0. The average molecular weight is 244 g/mol. The average Bonchev–Trinajstić information content (AvgIpc) is 2.37. The maximum Gasteiger partial charge on any atom is 0.119 e. The van der Waals surface area contributed by atoms with Crippen molar-refractivity contribution in [1.82, 2.24) is 9.88 Å². The van der Waals surface area contributed by atoms with Crippen LogP contribution in [0.5, 0.6) is 5.75 Å². The summed E-state index contributed by atoms with van der Waals surface area (Å²) < 4.78 is 5.21. The van der Waals surface area contributed by atoms with E-state index in [4.69, 9.17) is 4.74 Å². The minimum absolute atomic E-state index is 0.879. The summed E-state index contributed by atoms with van der Waals surface area (Å²) in [5, 5.41) is 1.13. The highest BCUT2D eigenvalue weighted by Crippen LogP contribution is 2.19. The second kappa shape index (κ2) is 5.83. The molecular formula is C15H20N2O. The molecule has 0 aliphatic rings. The van der Waals surface area contributed by atoms with Gasteiger partial charge in [-0.3, -0.25) is 4.98 Å². The Morgan fingerprint density at radius 2 is 2.00 bits per heavy atom. The van der Waals surface area contributed by atoms with Crippen molar-refractivity contribution in [3.63, 3.8) is 0 Å². The zero-order valence-electron chi connectivity index (χ0n) is 11.3. The molecule has 2 aromatic rings. The Labute approximate surface area is 108 Å². The molecular weight excluding hydrogens is 224 g/mol. The first-order valence-corrected chi connectivity index (χ1v) is 6.27. The molecule has 18 heavy (non-hydrogen) atoms. The van der Waals surface area contributed by atoms with Gasteiger partial charge in [-0.15, -0.1) is 0 Å². The summed E-state index contributed by atoms with van der Waals surface area (Å²) in [7, 11) is 5.88. The first-order valence-electron chi connectivity index (χ1n) is 6.27. The molecule has 1 aromatic heterocycles. The van der Waals surface area contributed by atoms with Gasteiger partial charge in [-0.2, -0.15) is 0 Å². The fourth-order valence-electron chi connectivity index (χ4n) is 1.99. The summed E-state index contributed by atoms with van der Waals surface area (Å²) in [6.07, 6.45) is 2.17. The monoisotopic (exact) mass is 244 g/mol. The van der Waals surface area contributed by atoms with Gasteiger partial charge in [0.15, 0.2) is 0 Å². The number of nitrogens with zero attached hydrogens (tertiary/aromatic N) is 2. The van der Waals surface area contributed by atoms with Crippen molar-refractivity contribution in [2.24, 2.45) is 0 Å². The molecule has 2 rings (SSSR count).